The molecule has 29 heavy (non-hydrogen) atoms. The van der Waals surface area contributed by atoms with E-state index >= 15 is 0 Å². The molecule has 6 heteroatoms. The van der Waals surface area contributed by atoms with Crippen LogP contribution in [0.2, 0.25) is 0 Å². The number of aromatic nitrogens is 2. The molecule has 1 aliphatic heterocycles. The summed E-state index contributed by atoms with van der Waals surface area (Å²) in [5, 5.41) is 0.995. The van der Waals surface area contributed by atoms with Crippen LogP contribution in [0.4, 0.5) is 5.82 Å². The van der Waals surface area contributed by atoms with Crippen LogP contribution in [0.15, 0.2) is 48.5 Å². The number of methoxy groups -OCH3 is 1. The number of ether oxygens (including phenoxy) is 2. The molecule has 1 atom stereocenters. The van der Waals surface area contributed by atoms with Gasteiger partial charge in [0.15, 0.2) is 5.82 Å². The molecule has 150 valence electrons. The van der Waals surface area contributed by atoms with Crippen molar-refractivity contribution in [1.82, 2.24) is 9.97 Å². The monoisotopic (exact) mass is 391 g/mol. The first-order valence-corrected chi connectivity index (χ1v) is 10.0. The first kappa shape index (κ1) is 19.2. The zero-order valence-electron chi connectivity index (χ0n) is 16.8. The van der Waals surface area contributed by atoms with Crippen molar-refractivity contribution in [2.75, 3.05) is 31.7 Å². The highest BCUT2D eigenvalue weighted by atomic mass is 16.5. The Morgan fingerprint density at radius 2 is 1.93 bits per heavy atom. The lowest BCUT2D eigenvalue weighted by atomic mass is 9.98. The number of fused-ring (bicyclic) bond motifs is 1. The molecular weight excluding hydrogens is 366 g/mol. The van der Waals surface area contributed by atoms with Gasteiger partial charge in [-0.2, -0.15) is 0 Å². The van der Waals surface area contributed by atoms with Gasteiger partial charge in [-0.25, -0.2) is 9.97 Å². The molecule has 0 amide bonds. The third kappa shape index (κ3) is 4.01. The lowest BCUT2D eigenvalue weighted by Gasteiger charge is -2.33. The van der Waals surface area contributed by atoms with Gasteiger partial charge >= 0.3 is 5.97 Å². The van der Waals surface area contributed by atoms with E-state index in [1.54, 1.807) is 7.11 Å². The van der Waals surface area contributed by atoms with Gasteiger partial charge in [-0.15, -0.1) is 0 Å². The van der Waals surface area contributed by atoms with Gasteiger partial charge < -0.3 is 14.4 Å². The summed E-state index contributed by atoms with van der Waals surface area (Å²) in [5.74, 6) is 2.09. The van der Waals surface area contributed by atoms with E-state index in [2.05, 4.69) is 4.90 Å². The molecule has 0 radical (unpaired) electrons. The third-order valence-corrected chi connectivity index (χ3v) is 5.27. The van der Waals surface area contributed by atoms with E-state index in [-0.39, 0.29) is 11.9 Å². The van der Waals surface area contributed by atoms with Crippen LogP contribution in [0.25, 0.3) is 22.3 Å². The van der Waals surface area contributed by atoms with Crippen molar-refractivity contribution in [2.24, 2.45) is 5.92 Å². The summed E-state index contributed by atoms with van der Waals surface area (Å²) in [6.07, 6.45) is 1.78. The minimum absolute atomic E-state index is 0.120. The molecule has 3 aromatic rings. The molecule has 1 aromatic heterocycles. The summed E-state index contributed by atoms with van der Waals surface area (Å²) < 4.78 is 10.5. The molecule has 1 fully saturated rings. The summed E-state index contributed by atoms with van der Waals surface area (Å²) in [4.78, 5) is 24.2. The summed E-state index contributed by atoms with van der Waals surface area (Å²) in [6, 6.07) is 15.8. The molecule has 0 aliphatic carbocycles. The number of hydrogen-bond acceptors (Lipinski definition) is 6. The maximum absolute atomic E-state index is 12.3. The van der Waals surface area contributed by atoms with Crippen molar-refractivity contribution in [1.29, 1.82) is 0 Å². The fraction of sp³-hybridized carbons (Fsp3) is 0.348. The fourth-order valence-electron chi connectivity index (χ4n) is 3.79. The third-order valence-electron chi connectivity index (χ3n) is 5.27. The Morgan fingerprint density at radius 3 is 2.69 bits per heavy atom. The van der Waals surface area contributed by atoms with Crippen molar-refractivity contribution in [3.63, 3.8) is 0 Å². The van der Waals surface area contributed by atoms with Crippen molar-refractivity contribution >= 4 is 22.7 Å². The SMILES string of the molecule is CCOC(=O)C1CCCN(c2nc(-c3ccc(OC)cc3)nc3ccccc23)C1. The van der Waals surface area contributed by atoms with E-state index in [0.29, 0.717) is 19.0 Å². The lowest BCUT2D eigenvalue weighted by Crippen LogP contribution is -2.40. The molecule has 1 aliphatic rings. The maximum Gasteiger partial charge on any atom is 0.310 e. The summed E-state index contributed by atoms with van der Waals surface area (Å²) in [6.45, 7) is 3.73. The zero-order valence-corrected chi connectivity index (χ0v) is 16.8. The first-order valence-electron chi connectivity index (χ1n) is 10.0. The average molecular weight is 391 g/mol. The lowest BCUT2D eigenvalue weighted by molar-refractivity contribution is -0.148. The van der Waals surface area contributed by atoms with Gasteiger partial charge in [-0.1, -0.05) is 12.1 Å². The van der Waals surface area contributed by atoms with Gasteiger partial charge in [0, 0.05) is 24.0 Å². The summed E-state index contributed by atoms with van der Waals surface area (Å²) >= 11 is 0. The highest BCUT2D eigenvalue weighted by Crippen LogP contribution is 2.31. The number of esters is 1. The highest BCUT2D eigenvalue weighted by Gasteiger charge is 2.28. The maximum atomic E-state index is 12.3. The normalized spacial score (nSPS) is 16.6. The fourth-order valence-corrected chi connectivity index (χ4v) is 3.79. The van der Waals surface area contributed by atoms with E-state index in [9.17, 15) is 4.79 Å². The molecule has 0 N–H and O–H groups in total. The van der Waals surface area contributed by atoms with Gasteiger partial charge in [0.05, 0.1) is 25.2 Å². The zero-order chi connectivity index (χ0) is 20.2. The Hall–Kier alpha value is -3.15. The van der Waals surface area contributed by atoms with Crippen LogP contribution in [0.5, 0.6) is 5.75 Å². The van der Waals surface area contributed by atoms with E-state index < -0.39 is 0 Å². The molecule has 0 spiro atoms. The van der Waals surface area contributed by atoms with Crippen molar-refractivity contribution in [3.8, 4) is 17.1 Å². The molecule has 0 bridgehead atoms. The Balaban J connectivity index is 1.73. The van der Waals surface area contributed by atoms with Crippen molar-refractivity contribution < 1.29 is 14.3 Å². The number of carbonyl (C=O) groups is 1. The van der Waals surface area contributed by atoms with Crippen LogP contribution >= 0.6 is 0 Å². The van der Waals surface area contributed by atoms with Crippen molar-refractivity contribution in [3.05, 3.63) is 48.5 Å². The van der Waals surface area contributed by atoms with Crippen LogP contribution in [0.1, 0.15) is 19.8 Å². The highest BCUT2D eigenvalue weighted by molar-refractivity contribution is 5.91. The van der Waals surface area contributed by atoms with Crippen LogP contribution in [0.3, 0.4) is 0 Å². The molecule has 4 rings (SSSR count). The Labute approximate surface area is 170 Å². The van der Waals surface area contributed by atoms with Crippen molar-refractivity contribution in [2.45, 2.75) is 19.8 Å². The smallest absolute Gasteiger partial charge is 0.310 e. The predicted molar refractivity (Wildman–Crippen MR) is 113 cm³/mol. The van der Waals surface area contributed by atoms with E-state index in [1.165, 1.54) is 0 Å². The van der Waals surface area contributed by atoms with Gasteiger partial charge in [0.25, 0.3) is 0 Å². The van der Waals surface area contributed by atoms with Crippen LogP contribution in [-0.2, 0) is 9.53 Å². The molecule has 1 saturated heterocycles. The van der Waals surface area contributed by atoms with Crippen LogP contribution in [0, 0.1) is 5.92 Å². The van der Waals surface area contributed by atoms with E-state index in [1.807, 2.05) is 55.5 Å². The summed E-state index contributed by atoms with van der Waals surface area (Å²) in [5.41, 5.74) is 1.82. The molecule has 2 aromatic carbocycles. The number of anilines is 1. The minimum atomic E-state index is -0.123. The van der Waals surface area contributed by atoms with Crippen LogP contribution < -0.4 is 9.64 Å². The Kier molecular flexibility index (Phi) is 5.60. The van der Waals surface area contributed by atoms with Gasteiger partial charge in [-0.3, -0.25) is 4.79 Å². The topological polar surface area (TPSA) is 64.5 Å². The molecule has 2 heterocycles. The summed E-state index contributed by atoms with van der Waals surface area (Å²) in [7, 11) is 1.65. The molecule has 6 nitrogen and oxygen atoms in total. The van der Waals surface area contributed by atoms with Crippen LogP contribution in [-0.4, -0.2) is 42.7 Å². The van der Waals surface area contributed by atoms with Gasteiger partial charge in [0.1, 0.15) is 11.6 Å². The van der Waals surface area contributed by atoms with Gasteiger partial charge in [0.2, 0.25) is 0 Å². The number of rotatable bonds is 5. The van der Waals surface area contributed by atoms with Gasteiger partial charge in [-0.05, 0) is 56.2 Å². The average Bonchev–Trinajstić information content (AvgIpc) is 2.78. The number of carbonyl (C=O) groups excluding carboxylic acids is 1. The number of benzene rings is 2. The number of para-hydroxylation sites is 1. The largest absolute Gasteiger partial charge is 0.497 e. The predicted octanol–water partition coefficient (Wildman–Crippen LogP) is 4.08. The Bertz CT molecular complexity index is 1000. The molecule has 1 unspecified atom stereocenters. The Morgan fingerprint density at radius 1 is 1.14 bits per heavy atom. The number of piperidine rings is 1. The first-order chi connectivity index (χ1) is 14.2. The second-order valence-electron chi connectivity index (χ2n) is 7.15. The van der Waals surface area contributed by atoms with E-state index in [0.717, 1.165) is 47.4 Å². The quantitative estimate of drug-likeness (QED) is 0.611. The minimum Gasteiger partial charge on any atom is -0.497 e. The number of hydrogen-bond donors (Lipinski definition) is 0. The second kappa shape index (κ2) is 8.47. The van der Waals surface area contributed by atoms with E-state index in [4.69, 9.17) is 19.4 Å². The second-order valence-corrected chi connectivity index (χ2v) is 7.15. The number of nitrogens with zero attached hydrogens (tertiary/aromatic N) is 3. The molecule has 0 saturated carbocycles. The standard InChI is InChI=1S/C23H25N3O3/c1-3-29-23(27)17-7-6-14-26(15-17)22-19-8-4-5-9-20(19)24-21(25-22)16-10-12-18(28-2)13-11-16/h4-5,8-13,17H,3,6-7,14-15H2,1-2H3. The molecular formula is C23H25N3O3.